The number of carbonyl (C=O) groups excluding carboxylic acids is 1. The summed E-state index contributed by atoms with van der Waals surface area (Å²) in [4.78, 5) is 13.7. The van der Waals surface area contributed by atoms with Gasteiger partial charge in [0.25, 0.3) is 0 Å². The Bertz CT molecular complexity index is 436. The molecule has 0 aliphatic carbocycles. The number of nitrogens with zero attached hydrogens (tertiary/aromatic N) is 1. The average molecular weight is 245 g/mol. The third-order valence-electron chi connectivity index (χ3n) is 3.35. The molecule has 1 unspecified atom stereocenters. The smallest absolute Gasteiger partial charge is 0.246 e. The summed E-state index contributed by atoms with van der Waals surface area (Å²) in [7, 11) is 0. The van der Waals surface area contributed by atoms with Crippen molar-refractivity contribution < 1.29 is 9.90 Å². The van der Waals surface area contributed by atoms with E-state index in [-0.39, 0.29) is 18.4 Å². The first-order valence-electron chi connectivity index (χ1n) is 6.33. The Balaban J connectivity index is 1.93. The van der Waals surface area contributed by atoms with Crippen LogP contribution in [0.3, 0.4) is 0 Å². The van der Waals surface area contributed by atoms with Crippen LogP contribution in [0.5, 0.6) is 0 Å². The predicted octanol–water partition coefficient (Wildman–Crippen LogP) is 1.85. The van der Waals surface area contributed by atoms with Crippen molar-refractivity contribution in [1.82, 2.24) is 4.90 Å². The number of benzene rings is 1. The van der Waals surface area contributed by atoms with Crippen LogP contribution in [0.25, 0.3) is 6.08 Å². The van der Waals surface area contributed by atoms with Gasteiger partial charge >= 0.3 is 0 Å². The minimum Gasteiger partial charge on any atom is -0.396 e. The van der Waals surface area contributed by atoms with E-state index in [9.17, 15) is 4.79 Å². The van der Waals surface area contributed by atoms with E-state index < -0.39 is 0 Å². The number of aryl methyl sites for hydroxylation is 1. The molecule has 1 atom stereocenters. The Morgan fingerprint density at radius 3 is 2.78 bits per heavy atom. The van der Waals surface area contributed by atoms with E-state index in [1.165, 1.54) is 5.56 Å². The first-order valence-corrected chi connectivity index (χ1v) is 6.33. The third kappa shape index (κ3) is 3.20. The fraction of sp³-hybridized carbons (Fsp3) is 0.400. The van der Waals surface area contributed by atoms with Gasteiger partial charge in [-0.2, -0.15) is 0 Å². The standard InChI is InChI=1S/C15H19NO2/c1-12-2-4-13(5-3-12)6-7-15(18)16-9-8-14(10-16)11-17/h2-7,14,17H,8-11H2,1H3/b7-6+. The highest BCUT2D eigenvalue weighted by Crippen LogP contribution is 2.16. The lowest BCUT2D eigenvalue weighted by Crippen LogP contribution is -2.27. The van der Waals surface area contributed by atoms with Crippen molar-refractivity contribution in [3.63, 3.8) is 0 Å². The zero-order valence-electron chi connectivity index (χ0n) is 10.7. The largest absolute Gasteiger partial charge is 0.396 e. The van der Waals surface area contributed by atoms with Gasteiger partial charge in [0.1, 0.15) is 0 Å². The van der Waals surface area contributed by atoms with Gasteiger partial charge in [0.2, 0.25) is 5.91 Å². The molecule has 96 valence electrons. The number of aliphatic hydroxyl groups is 1. The zero-order chi connectivity index (χ0) is 13.0. The number of aliphatic hydroxyl groups excluding tert-OH is 1. The Hall–Kier alpha value is -1.61. The van der Waals surface area contributed by atoms with Crippen LogP contribution in [-0.2, 0) is 4.79 Å². The second kappa shape index (κ2) is 5.83. The molecule has 18 heavy (non-hydrogen) atoms. The molecule has 1 aliphatic heterocycles. The molecule has 1 fully saturated rings. The molecule has 3 heteroatoms. The van der Waals surface area contributed by atoms with Crippen LogP contribution >= 0.6 is 0 Å². The topological polar surface area (TPSA) is 40.5 Å². The summed E-state index contributed by atoms with van der Waals surface area (Å²) < 4.78 is 0. The molecular weight excluding hydrogens is 226 g/mol. The predicted molar refractivity (Wildman–Crippen MR) is 72.0 cm³/mol. The lowest BCUT2D eigenvalue weighted by molar-refractivity contribution is -0.125. The highest BCUT2D eigenvalue weighted by atomic mass is 16.3. The maximum absolute atomic E-state index is 11.9. The highest BCUT2D eigenvalue weighted by molar-refractivity contribution is 5.91. The molecule has 2 rings (SSSR count). The molecular formula is C15H19NO2. The minimum atomic E-state index is 0.0338. The molecule has 1 N–H and O–H groups in total. The fourth-order valence-electron chi connectivity index (χ4n) is 2.13. The van der Waals surface area contributed by atoms with Crippen LogP contribution in [0, 0.1) is 12.8 Å². The highest BCUT2D eigenvalue weighted by Gasteiger charge is 2.23. The average Bonchev–Trinajstić information content (AvgIpc) is 2.86. The minimum absolute atomic E-state index is 0.0338. The molecule has 1 heterocycles. The normalized spacial score (nSPS) is 19.7. The molecule has 0 radical (unpaired) electrons. The van der Waals surface area contributed by atoms with E-state index in [2.05, 4.69) is 0 Å². The van der Waals surface area contributed by atoms with E-state index in [0.717, 1.165) is 18.5 Å². The van der Waals surface area contributed by atoms with Crippen molar-refractivity contribution in [3.8, 4) is 0 Å². The molecule has 1 aliphatic rings. The molecule has 0 aromatic heterocycles. The van der Waals surface area contributed by atoms with Crippen molar-refractivity contribution in [2.75, 3.05) is 19.7 Å². The lowest BCUT2D eigenvalue weighted by atomic mass is 10.1. The fourth-order valence-corrected chi connectivity index (χ4v) is 2.13. The van der Waals surface area contributed by atoms with E-state index in [1.807, 2.05) is 37.3 Å². The maximum Gasteiger partial charge on any atom is 0.246 e. The van der Waals surface area contributed by atoms with Gasteiger partial charge in [0, 0.05) is 31.7 Å². The second-order valence-electron chi connectivity index (χ2n) is 4.87. The van der Waals surface area contributed by atoms with Gasteiger partial charge in [-0.1, -0.05) is 29.8 Å². The van der Waals surface area contributed by atoms with Crippen LogP contribution in [0.1, 0.15) is 17.5 Å². The van der Waals surface area contributed by atoms with Gasteiger partial charge in [-0.15, -0.1) is 0 Å². The zero-order valence-corrected chi connectivity index (χ0v) is 10.7. The molecule has 0 bridgehead atoms. The number of amides is 1. The molecule has 1 aromatic carbocycles. The molecule has 1 amide bonds. The first-order chi connectivity index (χ1) is 8.69. The van der Waals surface area contributed by atoms with E-state index in [1.54, 1.807) is 11.0 Å². The van der Waals surface area contributed by atoms with Gasteiger partial charge in [-0.3, -0.25) is 4.79 Å². The second-order valence-corrected chi connectivity index (χ2v) is 4.87. The molecule has 0 saturated carbocycles. The van der Waals surface area contributed by atoms with Crippen molar-refractivity contribution in [1.29, 1.82) is 0 Å². The van der Waals surface area contributed by atoms with Crippen LogP contribution in [0.15, 0.2) is 30.3 Å². The van der Waals surface area contributed by atoms with Gasteiger partial charge in [-0.25, -0.2) is 0 Å². The quantitative estimate of drug-likeness (QED) is 0.826. The van der Waals surface area contributed by atoms with Crippen LogP contribution in [-0.4, -0.2) is 35.6 Å². The van der Waals surface area contributed by atoms with Crippen molar-refractivity contribution in [3.05, 3.63) is 41.5 Å². The van der Waals surface area contributed by atoms with Gasteiger partial charge in [-0.05, 0) is 25.0 Å². The first kappa shape index (κ1) is 12.8. The Labute approximate surface area is 108 Å². The molecule has 0 spiro atoms. The number of likely N-dealkylation sites (tertiary alicyclic amines) is 1. The molecule has 1 aromatic rings. The summed E-state index contributed by atoms with van der Waals surface area (Å²) in [6.45, 7) is 3.64. The van der Waals surface area contributed by atoms with Gasteiger partial charge < -0.3 is 10.0 Å². The van der Waals surface area contributed by atoms with Crippen molar-refractivity contribution >= 4 is 12.0 Å². The summed E-state index contributed by atoms with van der Waals surface area (Å²) >= 11 is 0. The Morgan fingerprint density at radius 2 is 2.17 bits per heavy atom. The number of hydrogen-bond acceptors (Lipinski definition) is 2. The van der Waals surface area contributed by atoms with Gasteiger partial charge in [0.15, 0.2) is 0 Å². The maximum atomic E-state index is 11.9. The van der Waals surface area contributed by atoms with E-state index in [0.29, 0.717) is 6.54 Å². The third-order valence-corrected chi connectivity index (χ3v) is 3.35. The SMILES string of the molecule is Cc1ccc(/C=C/C(=O)N2CCC(CO)C2)cc1. The van der Waals surface area contributed by atoms with Gasteiger partial charge in [0.05, 0.1) is 0 Å². The summed E-state index contributed by atoms with van der Waals surface area (Å²) in [5.41, 5.74) is 2.25. The van der Waals surface area contributed by atoms with E-state index in [4.69, 9.17) is 5.11 Å². The summed E-state index contributed by atoms with van der Waals surface area (Å²) in [5.74, 6) is 0.285. The monoisotopic (exact) mass is 245 g/mol. The van der Waals surface area contributed by atoms with Crippen LogP contribution in [0.4, 0.5) is 0 Å². The summed E-state index contributed by atoms with van der Waals surface area (Å²) in [5, 5.41) is 9.04. The van der Waals surface area contributed by atoms with E-state index >= 15 is 0 Å². The number of rotatable bonds is 3. The summed E-state index contributed by atoms with van der Waals surface area (Å²) in [6.07, 6.45) is 4.36. The number of carbonyl (C=O) groups is 1. The van der Waals surface area contributed by atoms with Crippen molar-refractivity contribution in [2.45, 2.75) is 13.3 Å². The number of hydrogen-bond donors (Lipinski definition) is 1. The Kier molecular flexibility index (Phi) is 4.15. The van der Waals surface area contributed by atoms with Crippen LogP contribution in [0.2, 0.25) is 0 Å². The Morgan fingerprint density at radius 1 is 1.44 bits per heavy atom. The molecule has 3 nitrogen and oxygen atoms in total. The molecule has 1 saturated heterocycles. The van der Waals surface area contributed by atoms with Crippen LogP contribution < -0.4 is 0 Å². The summed E-state index contributed by atoms with van der Waals surface area (Å²) in [6, 6.07) is 8.06. The van der Waals surface area contributed by atoms with Crippen molar-refractivity contribution in [2.24, 2.45) is 5.92 Å². The lowest BCUT2D eigenvalue weighted by Gasteiger charge is -2.13.